The lowest BCUT2D eigenvalue weighted by molar-refractivity contribution is -0.126. The van der Waals surface area contributed by atoms with E-state index in [-0.39, 0.29) is 17.9 Å². The van der Waals surface area contributed by atoms with Crippen molar-refractivity contribution < 1.29 is 9.59 Å². The molecule has 7 heteroatoms. The Balaban J connectivity index is 1.19. The highest BCUT2D eigenvalue weighted by atomic mass is 16.2. The average molecular weight is 420 g/mol. The maximum Gasteiger partial charge on any atom is 0.321 e. The first-order chi connectivity index (χ1) is 15.1. The van der Waals surface area contributed by atoms with Crippen molar-refractivity contribution in [3.8, 4) is 0 Å². The van der Waals surface area contributed by atoms with Crippen LogP contribution >= 0.6 is 0 Å². The molecule has 0 bridgehead atoms. The van der Waals surface area contributed by atoms with Crippen LogP contribution in [0.15, 0.2) is 54.6 Å². The summed E-state index contributed by atoms with van der Waals surface area (Å²) >= 11 is 0. The van der Waals surface area contributed by atoms with Crippen molar-refractivity contribution in [2.45, 2.75) is 32.7 Å². The van der Waals surface area contributed by atoms with Gasteiger partial charge in [0, 0.05) is 37.8 Å². The van der Waals surface area contributed by atoms with Gasteiger partial charge in [0.25, 0.3) is 0 Å². The summed E-state index contributed by atoms with van der Waals surface area (Å²) in [6.07, 6.45) is 2.24. The summed E-state index contributed by atoms with van der Waals surface area (Å²) < 4.78 is 2.20. The minimum absolute atomic E-state index is 0.0309. The van der Waals surface area contributed by atoms with Crippen molar-refractivity contribution in [2.75, 3.05) is 25.0 Å². The number of imidazole rings is 1. The molecule has 1 fully saturated rings. The number of fused-ring (bicyclic) bond motifs is 1. The molecule has 0 aliphatic carbocycles. The summed E-state index contributed by atoms with van der Waals surface area (Å²) in [5, 5.41) is 5.98. The van der Waals surface area contributed by atoms with Crippen LogP contribution in [0.1, 0.15) is 25.1 Å². The molecule has 0 spiro atoms. The van der Waals surface area contributed by atoms with Gasteiger partial charge in [0.2, 0.25) is 5.91 Å². The molecule has 2 aromatic carbocycles. The van der Waals surface area contributed by atoms with Gasteiger partial charge in [0.05, 0.1) is 11.0 Å². The van der Waals surface area contributed by atoms with Gasteiger partial charge in [0.1, 0.15) is 5.82 Å². The number of hydrogen-bond acceptors (Lipinski definition) is 3. The third-order valence-electron chi connectivity index (χ3n) is 5.88. The highest BCUT2D eigenvalue weighted by Crippen LogP contribution is 2.19. The fourth-order valence-corrected chi connectivity index (χ4v) is 4.14. The second-order valence-corrected chi connectivity index (χ2v) is 8.00. The second kappa shape index (κ2) is 9.64. The highest BCUT2D eigenvalue weighted by Gasteiger charge is 2.27. The minimum Gasteiger partial charge on any atom is -0.356 e. The second-order valence-electron chi connectivity index (χ2n) is 8.00. The topological polar surface area (TPSA) is 79.3 Å². The van der Waals surface area contributed by atoms with Crippen LogP contribution in [0.4, 0.5) is 10.5 Å². The lowest BCUT2D eigenvalue weighted by Gasteiger charge is -2.31. The van der Waals surface area contributed by atoms with E-state index in [1.54, 1.807) is 4.90 Å². The first-order valence-electron chi connectivity index (χ1n) is 10.9. The number of hydrogen-bond donors (Lipinski definition) is 2. The van der Waals surface area contributed by atoms with Crippen molar-refractivity contribution in [1.29, 1.82) is 0 Å². The van der Waals surface area contributed by atoms with Crippen molar-refractivity contribution >= 4 is 28.7 Å². The van der Waals surface area contributed by atoms with E-state index in [1.807, 2.05) is 55.5 Å². The first kappa shape index (κ1) is 20.9. The molecule has 0 atom stereocenters. The Labute approximate surface area is 182 Å². The number of piperidine rings is 1. The molecule has 31 heavy (non-hydrogen) atoms. The smallest absolute Gasteiger partial charge is 0.321 e. The van der Waals surface area contributed by atoms with Crippen LogP contribution in [0.2, 0.25) is 0 Å². The zero-order chi connectivity index (χ0) is 21.6. The molecule has 7 nitrogen and oxygen atoms in total. The van der Waals surface area contributed by atoms with E-state index in [2.05, 4.69) is 26.3 Å². The molecule has 3 aromatic rings. The Bertz CT molecular complexity index is 1040. The highest BCUT2D eigenvalue weighted by molar-refractivity contribution is 5.89. The molecule has 2 N–H and O–H groups in total. The Morgan fingerprint density at radius 2 is 1.74 bits per heavy atom. The largest absolute Gasteiger partial charge is 0.356 e. The number of urea groups is 1. The van der Waals surface area contributed by atoms with Crippen LogP contribution in [-0.4, -0.2) is 46.0 Å². The van der Waals surface area contributed by atoms with Crippen molar-refractivity contribution in [2.24, 2.45) is 5.92 Å². The predicted molar refractivity (Wildman–Crippen MR) is 122 cm³/mol. The monoisotopic (exact) mass is 419 g/mol. The van der Waals surface area contributed by atoms with Gasteiger partial charge in [-0.05, 0) is 50.5 Å². The van der Waals surface area contributed by atoms with Gasteiger partial charge in [-0.1, -0.05) is 30.3 Å². The van der Waals surface area contributed by atoms with Crippen LogP contribution in [-0.2, 0) is 11.3 Å². The molecule has 1 aliphatic heterocycles. The predicted octanol–water partition coefficient (Wildman–Crippen LogP) is 3.80. The Hall–Kier alpha value is -3.35. The van der Waals surface area contributed by atoms with Gasteiger partial charge < -0.3 is 20.1 Å². The molecule has 3 amide bonds. The minimum atomic E-state index is -0.104. The van der Waals surface area contributed by atoms with Crippen molar-refractivity contribution in [3.63, 3.8) is 0 Å². The molecule has 0 saturated carbocycles. The Morgan fingerprint density at radius 1 is 1.03 bits per heavy atom. The van der Waals surface area contributed by atoms with E-state index in [4.69, 9.17) is 0 Å². The van der Waals surface area contributed by atoms with Gasteiger partial charge in [-0.3, -0.25) is 4.79 Å². The van der Waals surface area contributed by atoms with E-state index in [9.17, 15) is 9.59 Å². The van der Waals surface area contributed by atoms with Crippen molar-refractivity contribution in [1.82, 2.24) is 19.8 Å². The fourth-order valence-electron chi connectivity index (χ4n) is 4.14. The molecule has 0 unspecified atom stereocenters. The normalized spacial score (nSPS) is 14.5. The molecule has 2 heterocycles. The number of nitrogens with one attached hydrogen (secondary N) is 2. The first-order valence-corrected chi connectivity index (χ1v) is 10.9. The van der Waals surface area contributed by atoms with E-state index in [0.717, 1.165) is 35.5 Å². The molecule has 4 rings (SSSR count). The van der Waals surface area contributed by atoms with Crippen molar-refractivity contribution in [3.05, 3.63) is 60.4 Å². The van der Waals surface area contributed by atoms with Gasteiger partial charge in [-0.15, -0.1) is 0 Å². The number of carbonyl (C=O) groups is 2. The van der Waals surface area contributed by atoms with Crippen LogP contribution in [0, 0.1) is 12.8 Å². The van der Waals surface area contributed by atoms with E-state index in [1.165, 1.54) is 0 Å². The molecule has 0 radical (unpaired) electrons. The van der Waals surface area contributed by atoms with Crippen LogP contribution in [0.3, 0.4) is 0 Å². The maximum atomic E-state index is 12.6. The molecule has 162 valence electrons. The lowest BCUT2D eigenvalue weighted by Crippen LogP contribution is -2.44. The number of carbonyl (C=O) groups excluding carboxylic acids is 2. The number of likely N-dealkylation sites (tertiary alicyclic amines) is 1. The van der Waals surface area contributed by atoms with Gasteiger partial charge >= 0.3 is 6.03 Å². The number of rotatable bonds is 6. The van der Waals surface area contributed by atoms with Crippen LogP contribution < -0.4 is 10.6 Å². The summed E-state index contributed by atoms with van der Waals surface area (Å²) in [5.74, 6) is 1.06. The number of anilines is 1. The zero-order valence-corrected chi connectivity index (χ0v) is 17.9. The number of aryl methyl sites for hydroxylation is 2. The third-order valence-corrected chi connectivity index (χ3v) is 5.88. The number of aromatic nitrogens is 2. The molecular formula is C24H29N5O2. The zero-order valence-electron chi connectivity index (χ0n) is 17.9. The summed E-state index contributed by atoms with van der Waals surface area (Å²) in [4.78, 5) is 31.3. The van der Waals surface area contributed by atoms with E-state index >= 15 is 0 Å². The summed E-state index contributed by atoms with van der Waals surface area (Å²) in [6, 6.07) is 17.4. The average Bonchev–Trinajstić information content (AvgIpc) is 3.12. The summed E-state index contributed by atoms with van der Waals surface area (Å²) in [6.45, 7) is 4.67. The SMILES string of the molecule is Cc1nc2ccccc2n1CCCNC(=O)C1CCN(C(=O)Nc2ccccc2)CC1. The number of amides is 3. The standard InChI is InChI=1S/C24H29N5O2/c1-18-26-21-10-5-6-11-22(21)29(18)15-7-14-25-23(30)19-12-16-28(17-13-19)24(31)27-20-8-3-2-4-9-20/h2-6,8-11,19H,7,12-17H2,1H3,(H,25,30)(H,27,31). The number of nitrogens with zero attached hydrogens (tertiary/aromatic N) is 3. The quantitative estimate of drug-likeness (QED) is 0.597. The van der Waals surface area contributed by atoms with E-state index in [0.29, 0.717) is 32.5 Å². The van der Waals surface area contributed by atoms with E-state index < -0.39 is 0 Å². The molecule has 1 aromatic heterocycles. The Morgan fingerprint density at radius 3 is 2.52 bits per heavy atom. The molecular weight excluding hydrogens is 390 g/mol. The van der Waals surface area contributed by atoms with Gasteiger partial charge in [-0.25, -0.2) is 9.78 Å². The van der Waals surface area contributed by atoms with Gasteiger partial charge in [0.15, 0.2) is 0 Å². The molecule has 1 saturated heterocycles. The maximum absolute atomic E-state index is 12.6. The number of para-hydroxylation sites is 3. The van der Waals surface area contributed by atoms with Gasteiger partial charge in [-0.2, -0.15) is 0 Å². The summed E-state index contributed by atoms with van der Waals surface area (Å²) in [5.41, 5.74) is 2.92. The van der Waals surface area contributed by atoms with Crippen LogP contribution in [0.25, 0.3) is 11.0 Å². The van der Waals surface area contributed by atoms with Crippen LogP contribution in [0.5, 0.6) is 0 Å². The third kappa shape index (κ3) is 5.05. The lowest BCUT2D eigenvalue weighted by atomic mass is 9.96. The number of benzene rings is 2. The fraction of sp³-hybridized carbons (Fsp3) is 0.375. The molecule has 1 aliphatic rings. The Kier molecular flexibility index (Phi) is 6.50. The summed E-state index contributed by atoms with van der Waals surface area (Å²) in [7, 11) is 0.